The van der Waals surface area contributed by atoms with E-state index in [1.165, 1.54) is 6.07 Å². The van der Waals surface area contributed by atoms with Crippen LogP contribution in [-0.4, -0.2) is 47.1 Å². The number of carbonyl (C=O) groups excluding carboxylic acids is 2. The van der Waals surface area contributed by atoms with Crippen molar-refractivity contribution < 1.29 is 27.9 Å². The van der Waals surface area contributed by atoms with E-state index in [9.17, 15) is 27.9 Å². The quantitative estimate of drug-likeness (QED) is 0.185. The van der Waals surface area contributed by atoms with Gasteiger partial charge in [0.15, 0.2) is 0 Å². The van der Waals surface area contributed by atoms with E-state index >= 15 is 0 Å². The number of thiophene rings is 1. The van der Waals surface area contributed by atoms with Gasteiger partial charge in [0.2, 0.25) is 0 Å². The molecule has 2 heterocycles. The summed E-state index contributed by atoms with van der Waals surface area (Å²) in [6, 6.07) is 24.3. The van der Waals surface area contributed by atoms with Gasteiger partial charge in [-0.1, -0.05) is 60.7 Å². The van der Waals surface area contributed by atoms with Crippen molar-refractivity contribution in [2.45, 2.75) is 50.2 Å². The van der Waals surface area contributed by atoms with Crippen LogP contribution >= 0.6 is 11.3 Å². The molecule has 1 aromatic heterocycles. The molecular formula is C34H34F3N3O3S. The highest BCUT2D eigenvalue weighted by Gasteiger charge is 2.32. The van der Waals surface area contributed by atoms with Crippen LogP contribution in [0.25, 0.3) is 0 Å². The lowest BCUT2D eigenvalue weighted by Gasteiger charge is -2.26. The zero-order chi connectivity index (χ0) is 31.1. The summed E-state index contributed by atoms with van der Waals surface area (Å²) in [5.74, 6) is -0.566. The van der Waals surface area contributed by atoms with Gasteiger partial charge in [-0.05, 0) is 66.1 Å². The molecule has 6 nitrogen and oxygen atoms in total. The lowest BCUT2D eigenvalue weighted by Crippen LogP contribution is -2.48. The minimum absolute atomic E-state index is 0.0221. The summed E-state index contributed by atoms with van der Waals surface area (Å²) in [7, 11) is 0. The molecule has 5 rings (SSSR count). The highest BCUT2D eigenvalue weighted by molar-refractivity contribution is 7.10. The molecule has 2 amide bonds. The van der Waals surface area contributed by atoms with Gasteiger partial charge in [-0.2, -0.15) is 13.2 Å². The van der Waals surface area contributed by atoms with Gasteiger partial charge >= 0.3 is 6.18 Å². The van der Waals surface area contributed by atoms with Crippen molar-refractivity contribution in [1.82, 2.24) is 15.5 Å². The Kier molecular flexibility index (Phi) is 10.1. The second-order valence-electron chi connectivity index (χ2n) is 10.9. The number of aliphatic hydroxyl groups excluding tert-OH is 1. The second-order valence-corrected chi connectivity index (χ2v) is 11.9. The SMILES string of the molecule is O=C(NC(Cc1ccccc1)C(O)CNCc1cccc(C(F)(F)F)c1)c1cccc(C(=O)N2CCCC2c2cccs2)c1. The van der Waals surface area contributed by atoms with Gasteiger partial charge in [-0.3, -0.25) is 9.59 Å². The van der Waals surface area contributed by atoms with Crippen LogP contribution in [0.15, 0.2) is 96.4 Å². The Balaban J connectivity index is 1.26. The van der Waals surface area contributed by atoms with E-state index < -0.39 is 29.8 Å². The van der Waals surface area contributed by atoms with Crippen LogP contribution in [0.5, 0.6) is 0 Å². The van der Waals surface area contributed by atoms with Gasteiger partial charge in [-0.25, -0.2) is 0 Å². The van der Waals surface area contributed by atoms with Gasteiger partial charge in [-0.15, -0.1) is 11.3 Å². The van der Waals surface area contributed by atoms with Crippen molar-refractivity contribution in [1.29, 1.82) is 0 Å². The molecule has 0 aliphatic carbocycles. The van der Waals surface area contributed by atoms with Gasteiger partial charge in [0.25, 0.3) is 11.8 Å². The van der Waals surface area contributed by atoms with Gasteiger partial charge < -0.3 is 20.6 Å². The fraction of sp³-hybridized carbons (Fsp3) is 0.294. The minimum atomic E-state index is -4.44. The predicted molar refractivity (Wildman–Crippen MR) is 164 cm³/mol. The molecule has 0 saturated carbocycles. The summed E-state index contributed by atoms with van der Waals surface area (Å²) in [6.45, 7) is 0.794. The summed E-state index contributed by atoms with van der Waals surface area (Å²) < 4.78 is 39.3. The molecule has 230 valence electrons. The van der Waals surface area contributed by atoms with Gasteiger partial charge in [0.1, 0.15) is 0 Å². The Labute approximate surface area is 258 Å². The molecule has 3 atom stereocenters. The van der Waals surface area contributed by atoms with Crippen molar-refractivity contribution in [2.24, 2.45) is 0 Å². The first-order chi connectivity index (χ1) is 21.2. The zero-order valence-corrected chi connectivity index (χ0v) is 24.8. The van der Waals surface area contributed by atoms with E-state index in [1.807, 2.05) is 52.7 Å². The number of hydrogen-bond acceptors (Lipinski definition) is 5. The Morgan fingerprint density at radius 3 is 2.43 bits per heavy atom. The topological polar surface area (TPSA) is 81.7 Å². The van der Waals surface area contributed by atoms with Crippen LogP contribution in [-0.2, 0) is 19.1 Å². The molecular weight excluding hydrogens is 587 g/mol. The van der Waals surface area contributed by atoms with Crippen molar-refractivity contribution >= 4 is 23.2 Å². The molecule has 1 fully saturated rings. The second kappa shape index (κ2) is 14.2. The van der Waals surface area contributed by atoms with Crippen molar-refractivity contribution in [3.05, 3.63) is 129 Å². The summed E-state index contributed by atoms with van der Waals surface area (Å²) in [5.41, 5.74) is 1.30. The minimum Gasteiger partial charge on any atom is -0.390 e. The first-order valence-corrected chi connectivity index (χ1v) is 15.4. The molecule has 10 heteroatoms. The van der Waals surface area contributed by atoms with E-state index in [2.05, 4.69) is 10.6 Å². The fourth-order valence-electron chi connectivity index (χ4n) is 5.51. The smallest absolute Gasteiger partial charge is 0.390 e. The Morgan fingerprint density at radius 1 is 0.932 bits per heavy atom. The van der Waals surface area contributed by atoms with Crippen LogP contribution in [0.4, 0.5) is 13.2 Å². The number of alkyl halides is 3. The van der Waals surface area contributed by atoms with E-state index in [0.29, 0.717) is 29.7 Å². The molecule has 44 heavy (non-hydrogen) atoms. The maximum absolute atomic E-state index is 13.5. The summed E-state index contributed by atoms with van der Waals surface area (Å²) >= 11 is 1.63. The Hall–Kier alpha value is -3.99. The third-order valence-corrected chi connectivity index (χ3v) is 8.75. The van der Waals surface area contributed by atoms with Crippen LogP contribution < -0.4 is 10.6 Å². The zero-order valence-electron chi connectivity index (χ0n) is 24.0. The van der Waals surface area contributed by atoms with E-state index in [0.717, 1.165) is 35.4 Å². The number of halogens is 3. The number of aliphatic hydroxyl groups is 1. The molecule has 4 aromatic rings. The fourth-order valence-corrected chi connectivity index (χ4v) is 6.39. The Bertz CT molecular complexity index is 1550. The van der Waals surface area contributed by atoms with Gasteiger partial charge in [0, 0.05) is 35.6 Å². The summed E-state index contributed by atoms with van der Waals surface area (Å²) in [4.78, 5) is 30.0. The maximum atomic E-state index is 13.5. The van der Waals surface area contributed by atoms with Crippen LogP contribution in [0.1, 0.15) is 61.2 Å². The summed E-state index contributed by atoms with van der Waals surface area (Å²) in [5, 5.41) is 19.1. The van der Waals surface area contributed by atoms with E-state index in [1.54, 1.807) is 41.7 Å². The van der Waals surface area contributed by atoms with Crippen molar-refractivity contribution in [3.8, 4) is 0 Å². The number of carbonyl (C=O) groups is 2. The molecule has 0 spiro atoms. The Morgan fingerprint density at radius 2 is 1.68 bits per heavy atom. The highest BCUT2D eigenvalue weighted by atomic mass is 32.1. The van der Waals surface area contributed by atoms with Crippen LogP contribution in [0, 0.1) is 0 Å². The molecule has 3 aromatic carbocycles. The highest BCUT2D eigenvalue weighted by Crippen LogP contribution is 2.35. The van der Waals surface area contributed by atoms with Gasteiger partial charge in [0.05, 0.1) is 23.8 Å². The maximum Gasteiger partial charge on any atom is 0.416 e. The molecule has 1 aliphatic heterocycles. The first-order valence-electron chi connectivity index (χ1n) is 14.5. The van der Waals surface area contributed by atoms with Crippen molar-refractivity contribution in [2.75, 3.05) is 13.1 Å². The average molecular weight is 622 g/mol. The first kappa shape index (κ1) is 31.4. The lowest BCUT2D eigenvalue weighted by molar-refractivity contribution is -0.137. The molecule has 1 aliphatic rings. The summed E-state index contributed by atoms with van der Waals surface area (Å²) in [6.07, 6.45) is -3.36. The number of nitrogens with one attached hydrogen (secondary N) is 2. The van der Waals surface area contributed by atoms with Crippen molar-refractivity contribution in [3.63, 3.8) is 0 Å². The third kappa shape index (κ3) is 7.93. The third-order valence-electron chi connectivity index (χ3n) is 7.77. The average Bonchev–Trinajstić information content (AvgIpc) is 3.73. The predicted octanol–water partition coefficient (Wildman–Crippen LogP) is 6.24. The standard InChI is InChI=1S/C34H34F3N3O3S/c35-34(36,37)27-13-4-10-24(18-27)21-38-22-30(41)28(19-23-8-2-1-3-9-23)39-32(42)25-11-5-12-26(20-25)33(43)40-16-6-14-29(40)31-15-7-17-44-31/h1-5,7-13,15,17-18,20,28-30,38,41H,6,14,16,19,21-22H2,(H,39,42). The molecule has 0 bridgehead atoms. The number of rotatable bonds is 11. The van der Waals surface area contributed by atoms with E-state index in [-0.39, 0.29) is 25.0 Å². The molecule has 3 N–H and O–H groups in total. The number of hydrogen-bond donors (Lipinski definition) is 3. The number of likely N-dealkylation sites (tertiary alicyclic amines) is 1. The van der Waals surface area contributed by atoms with E-state index in [4.69, 9.17) is 0 Å². The number of nitrogens with zero attached hydrogens (tertiary/aromatic N) is 1. The van der Waals surface area contributed by atoms with Crippen LogP contribution in [0.3, 0.4) is 0 Å². The number of amides is 2. The largest absolute Gasteiger partial charge is 0.416 e. The number of benzene rings is 3. The van der Waals surface area contributed by atoms with Crippen LogP contribution in [0.2, 0.25) is 0 Å². The monoisotopic (exact) mass is 621 g/mol. The molecule has 3 unspecified atom stereocenters. The molecule has 0 radical (unpaired) electrons. The molecule has 1 saturated heterocycles. The lowest BCUT2D eigenvalue weighted by atomic mass is 10.00. The normalized spacial score (nSPS) is 16.5.